The van der Waals surface area contributed by atoms with Crippen LogP contribution in [0.5, 0.6) is 0 Å². The van der Waals surface area contributed by atoms with Crippen LogP contribution in [0.2, 0.25) is 5.02 Å². The van der Waals surface area contributed by atoms with Crippen LogP contribution in [0.3, 0.4) is 0 Å². The van der Waals surface area contributed by atoms with Gasteiger partial charge in [-0.05, 0) is 31.0 Å². The third kappa shape index (κ3) is 2.32. The minimum absolute atomic E-state index is 0.633. The zero-order valence-electron chi connectivity index (χ0n) is 8.97. The van der Waals surface area contributed by atoms with E-state index in [-0.39, 0.29) is 0 Å². The number of benzene rings is 1. The number of hydrogen-bond donors (Lipinski definition) is 1. The average molecular weight is 213 g/mol. The summed E-state index contributed by atoms with van der Waals surface area (Å²) in [5.74, 6) is 0. The lowest BCUT2D eigenvalue weighted by Gasteiger charge is -2.21. The van der Waals surface area contributed by atoms with E-state index in [1.807, 2.05) is 19.1 Å². The molecular weight excluding hydrogens is 196 g/mol. The van der Waals surface area contributed by atoms with E-state index in [9.17, 15) is 0 Å². The van der Waals surface area contributed by atoms with E-state index in [1.165, 1.54) is 5.56 Å². The molecule has 0 heterocycles. The fourth-order valence-electron chi connectivity index (χ4n) is 1.56. The van der Waals surface area contributed by atoms with Crippen LogP contribution in [0, 0.1) is 6.92 Å². The second-order valence-electron chi connectivity index (χ2n) is 3.58. The molecule has 1 rings (SSSR count). The van der Waals surface area contributed by atoms with E-state index in [4.69, 9.17) is 17.3 Å². The summed E-state index contributed by atoms with van der Waals surface area (Å²) in [6.07, 6.45) is 1.12. The Balaban J connectivity index is 3.02. The predicted octanol–water partition coefficient (Wildman–Crippen LogP) is 3.08. The number of rotatable bonds is 3. The molecule has 0 atom stereocenters. The first-order chi connectivity index (χ1) is 6.56. The van der Waals surface area contributed by atoms with Gasteiger partial charge in [0.15, 0.2) is 0 Å². The van der Waals surface area contributed by atoms with Gasteiger partial charge in [-0.15, -0.1) is 0 Å². The number of nitrogens with two attached hydrogens (primary N) is 1. The topological polar surface area (TPSA) is 29.3 Å². The maximum Gasteiger partial charge on any atom is 0.0656 e. The van der Waals surface area contributed by atoms with Crippen molar-refractivity contribution in [3.8, 4) is 0 Å². The minimum Gasteiger partial charge on any atom is -0.398 e. The van der Waals surface area contributed by atoms with Gasteiger partial charge in [-0.2, -0.15) is 0 Å². The molecule has 2 N–H and O–H groups in total. The summed E-state index contributed by atoms with van der Waals surface area (Å²) < 4.78 is 0. The molecule has 2 nitrogen and oxygen atoms in total. The van der Waals surface area contributed by atoms with Gasteiger partial charge in [0.25, 0.3) is 0 Å². The molecule has 0 aliphatic heterocycles. The van der Waals surface area contributed by atoms with Crippen LogP contribution >= 0.6 is 11.6 Å². The smallest absolute Gasteiger partial charge is 0.0656 e. The Bertz CT molecular complexity index is 323. The first kappa shape index (κ1) is 11.2. The van der Waals surface area contributed by atoms with Crippen molar-refractivity contribution in [1.82, 2.24) is 0 Å². The summed E-state index contributed by atoms with van der Waals surface area (Å²) in [6, 6.07) is 3.85. The summed E-state index contributed by atoms with van der Waals surface area (Å²) in [6.45, 7) is 5.24. The molecule has 0 aromatic heterocycles. The quantitative estimate of drug-likeness (QED) is 0.781. The van der Waals surface area contributed by atoms with E-state index in [0.717, 1.165) is 18.7 Å². The maximum atomic E-state index is 5.98. The van der Waals surface area contributed by atoms with Crippen LogP contribution < -0.4 is 10.6 Å². The highest BCUT2D eigenvalue weighted by atomic mass is 35.5. The first-order valence-electron chi connectivity index (χ1n) is 4.83. The number of nitrogen functional groups attached to an aromatic ring is 1. The standard InChI is InChI=1S/C11H17ClN2/c1-4-5-14(3)11-7-9(12)10(13)6-8(11)2/h6-7H,4-5,13H2,1-3H3. The Kier molecular flexibility index (Phi) is 3.64. The van der Waals surface area contributed by atoms with Crippen molar-refractivity contribution in [2.75, 3.05) is 24.2 Å². The molecule has 0 unspecified atom stereocenters. The molecule has 14 heavy (non-hydrogen) atoms. The third-order valence-corrected chi connectivity index (χ3v) is 2.61. The number of anilines is 2. The monoisotopic (exact) mass is 212 g/mol. The molecule has 0 bridgehead atoms. The number of hydrogen-bond acceptors (Lipinski definition) is 2. The Morgan fingerprint density at radius 2 is 2.07 bits per heavy atom. The highest BCUT2D eigenvalue weighted by Crippen LogP contribution is 2.28. The average Bonchev–Trinajstić information content (AvgIpc) is 2.11. The van der Waals surface area contributed by atoms with Crippen molar-refractivity contribution in [2.45, 2.75) is 20.3 Å². The van der Waals surface area contributed by atoms with Crippen LogP contribution in [0.15, 0.2) is 12.1 Å². The highest BCUT2D eigenvalue weighted by molar-refractivity contribution is 6.33. The lowest BCUT2D eigenvalue weighted by molar-refractivity contribution is 0.849. The van der Waals surface area contributed by atoms with Crippen molar-refractivity contribution < 1.29 is 0 Å². The van der Waals surface area contributed by atoms with Crippen molar-refractivity contribution in [2.24, 2.45) is 0 Å². The van der Waals surface area contributed by atoms with Gasteiger partial charge in [0.2, 0.25) is 0 Å². The Labute approximate surface area is 90.7 Å². The molecular formula is C11H17ClN2. The summed E-state index contributed by atoms with van der Waals surface area (Å²) in [4.78, 5) is 2.20. The normalized spacial score (nSPS) is 10.3. The molecule has 0 spiro atoms. The Morgan fingerprint density at radius 3 is 2.64 bits per heavy atom. The van der Waals surface area contributed by atoms with Gasteiger partial charge in [-0.1, -0.05) is 18.5 Å². The lowest BCUT2D eigenvalue weighted by atomic mass is 10.1. The maximum absolute atomic E-state index is 5.98. The van der Waals surface area contributed by atoms with E-state index in [1.54, 1.807) is 0 Å². The molecule has 0 aliphatic rings. The molecule has 0 saturated heterocycles. The SMILES string of the molecule is CCCN(C)c1cc(Cl)c(N)cc1C. The zero-order chi connectivity index (χ0) is 10.7. The van der Waals surface area contributed by atoms with Gasteiger partial charge in [-0.25, -0.2) is 0 Å². The third-order valence-electron chi connectivity index (χ3n) is 2.29. The lowest BCUT2D eigenvalue weighted by Crippen LogP contribution is -2.18. The van der Waals surface area contributed by atoms with Crippen LogP contribution in [-0.4, -0.2) is 13.6 Å². The molecule has 1 aromatic rings. The van der Waals surface area contributed by atoms with Gasteiger partial charge < -0.3 is 10.6 Å². The van der Waals surface area contributed by atoms with Gasteiger partial charge in [0, 0.05) is 19.3 Å². The fourth-order valence-corrected chi connectivity index (χ4v) is 1.72. The molecule has 3 heteroatoms. The van der Waals surface area contributed by atoms with E-state index in [0.29, 0.717) is 10.7 Å². The van der Waals surface area contributed by atoms with Crippen LogP contribution in [0.4, 0.5) is 11.4 Å². The number of aryl methyl sites for hydroxylation is 1. The molecule has 0 amide bonds. The second-order valence-corrected chi connectivity index (χ2v) is 3.99. The Hall–Kier alpha value is -0.890. The van der Waals surface area contributed by atoms with E-state index < -0.39 is 0 Å². The molecule has 0 fully saturated rings. The number of halogens is 1. The van der Waals surface area contributed by atoms with Crippen molar-refractivity contribution in [3.63, 3.8) is 0 Å². The summed E-state index contributed by atoms with van der Waals surface area (Å²) >= 11 is 5.98. The van der Waals surface area contributed by atoms with Crippen molar-refractivity contribution in [3.05, 3.63) is 22.7 Å². The summed E-state index contributed by atoms with van der Waals surface area (Å²) in [7, 11) is 2.07. The van der Waals surface area contributed by atoms with Crippen LogP contribution in [-0.2, 0) is 0 Å². The fraction of sp³-hybridized carbons (Fsp3) is 0.455. The largest absolute Gasteiger partial charge is 0.398 e. The first-order valence-corrected chi connectivity index (χ1v) is 5.20. The van der Waals surface area contributed by atoms with E-state index in [2.05, 4.69) is 18.9 Å². The Morgan fingerprint density at radius 1 is 1.43 bits per heavy atom. The van der Waals surface area contributed by atoms with Gasteiger partial charge in [-0.3, -0.25) is 0 Å². The predicted molar refractivity (Wildman–Crippen MR) is 64.2 cm³/mol. The van der Waals surface area contributed by atoms with Gasteiger partial charge in [0.1, 0.15) is 0 Å². The summed E-state index contributed by atoms with van der Waals surface area (Å²) in [5.41, 5.74) is 8.69. The van der Waals surface area contributed by atoms with Crippen molar-refractivity contribution >= 4 is 23.0 Å². The molecule has 0 saturated carbocycles. The molecule has 78 valence electrons. The van der Waals surface area contributed by atoms with E-state index >= 15 is 0 Å². The zero-order valence-corrected chi connectivity index (χ0v) is 9.73. The van der Waals surface area contributed by atoms with Crippen LogP contribution in [0.1, 0.15) is 18.9 Å². The van der Waals surface area contributed by atoms with Gasteiger partial charge in [0.05, 0.1) is 10.7 Å². The van der Waals surface area contributed by atoms with Crippen molar-refractivity contribution in [1.29, 1.82) is 0 Å². The second kappa shape index (κ2) is 4.56. The van der Waals surface area contributed by atoms with Gasteiger partial charge >= 0.3 is 0 Å². The minimum atomic E-state index is 0.633. The molecule has 0 radical (unpaired) electrons. The van der Waals surface area contributed by atoms with Crippen LogP contribution in [0.25, 0.3) is 0 Å². The molecule has 0 aliphatic carbocycles. The molecule has 1 aromatic carbocycles. The number of nitrogens with zero attached hydrogens (tertiary/aromatic N) is 1. The highest BCUT2D eigenvalue weighted by Gasteiger charge is 2.06. The summed E-state index contributed by atoms with van der Waals surface area (Å²) in [5, 5.41) is 0.633.